The standard InChI is InChI=1S/2ClH.H2NO5PS/c;;2-7(3,4)1-8(5)6/h2*1H;(H2,2,3,4). The van der Waals surface area contributed by atoms with Gasteiger partial charge in [-0.3, -0.25) is 0 Å². The van der Waals surface area contributed by atoms with E-state index in [-0.39, 0.29) is 24.8 Å². The molecule has 0 saturated carbocycles. The Hall–Kier alpha value is 0.350. The lowest BCUT2D eigenvalue weighted by Crippen LogP contribution is -1.67. The fraction of sp³-hybridized carbons (Fsp3) is 0. The molecule has 0 bridgehead atoms. The molecule has 6 nitrogen and oxygen atoms in total. The van der Waals surface area contributed by atoms with Crippen LogP contribution in [0.2, 0.25) is 0 Å². The van der Waals surface area contributed by atoms with Gasteiger partial charge in [-0.05, 0) is 0 Å². The first-order valence-corrected chi connectivity index (χ1v) is 3.90. The van der Waals surface area contributed by atoms with Crippen molar-refractivity contribution in [1.82, 2.24) is 0 Å². The van der Waals surface area contributed by atoms with Gasteiger partial charge in [0.2, 0.25) is 0 Å². The van der Waals surface area contributed by atoms with Gasteiger partial charge in [-0.25, -0.2) is 4.57 Å². The quantitative estimate of drug-likeness (QED) is 0.618. The van der Waals surface area contributed by atoms with E-state index in [1.54, 1.807) is 0 Å². The van der Waals surface area contributed by atoms with Gasteiger partial charge in [0.1, 0.15) is 0 Å². The minimum Gasteiger partial charge on any atom is -0.306 e. The Morgan fingerprint density at radius 2 is 1.50 bits per heavy atom. The molecule has 0 aromatic heterocycles. The van der Waals surface area contributed by atoms with E-state index < -0.39 is 18.2 Å². The monoisotopic (exact) mass is 231 g/mol. The number of rotatable bonds is 1. The van der Waals surface area contributed by atoms with Crippen molar-refractivity contribution in [3.05, 3.63) is 0 Å². The van der Waals surface area contributed by atoms with E-state index in [9.17, 15) is 13.0 Å². The molecule has 2 N–H and O–H groups in total. The van der Waals surface area contributed by atoms with Crippen LogP contribution in [0.15, 0.2) is 4.13 Å². The molecule has 0 unspecified atom stereocenters. The first-order valence-electron chi connectivity index (χ1n) is 1.30. The zero-order valence-corrected chi connectivity index (χ0v) is 7.58. The summed E-state index contributed by atoms with van der Waals surface area (Å²) in [5.74, 6) is 0. The molecule has 0 saturated heterocycles. The minimum absolute atomic E-state index is 0. The van der Waals surface area contributed by atoms with E-state index in [0.29, 0.717) is 0 Å². The first-order chi connectivity index (χ1) is 3.42. The highest BCUT2D eigenvalue weighted by Gasteiger charge is 2.09. The maximum atomic E-state index is 9.58. The predicted molar refractivity (Wildman–Crippen MR) is 37.9 cm³/mol. The van der Waals surface area contributed by atoms with Gasteiger partial charge in [0.25, 0.3) is 0 Å². The molecule has 0 fully saturated rings. The average molecular weight is 232 g/mol. The molecule has 0 spiro atoms. The zero-order chi connectivity index (χ0) is 6.78. The molecule has 0 aliphatic heterocycles. The summed E-state index contributed by atoms with van der Waals surface area (Å²) in [6, 6.07) is 0. The second-order valence-electron chi connectivity index (χ2n) is 0.812. The van der Waals surface area contributed by atoms with E-state index in [1.165, 1.54) is 0 Å². The normalized spacial score (nSPS) is 8.60. The summed E-state index contributed by atoms with van der Waals surface area (Å²) in [5.41, 5.74) is 0. The number of hydrogen-bond donors (Lipinski definition) is 2. The fourth-order valence-electron chi connectivity index (χ4n) is 0.0868. The van der Waals surface area contributed by atoms with Crippen molar-refractivity contribution < 1.29 is 22.8 Å². The Kier molecular flexibility index (Phi) is 10.2. The van der Waals surface area contributed by atoms with Crippen LogP contribution in [0.5, 0.6) is 0 Å². The van der Waals surface area contributed by atoms with Gasteiger partial charge >= 0.3 is 18.2 Å². The van der Waals surface area contributed by atoms with Crippen LogP contribution in [0, 0.1) is 0 Å². The van der Waals surface area contributed by atoms with Gasteiger partial charge in [0, 0.05) is 0 Å². The second-order valence-corrected chi connectivity index (χ2v) is 2.93. The van der Waals surface area contributed by atoms with Gasteiger partial charge < -0.3 is 9.79 Å². The van der Waals surface area contributed by atoms with Gasteiger partial charge in [0.15, 0.2) is 0 Å². The average Bonchev–Trinajstić information content (AvgIpc) is 1.21. The fourth-order valence-corrected chi connectivity index (χ4v) is 0.782. The first kappa shape index (κ1) is 16.7. The van der Waals surface area contributed by atoms with Crippen LogP contribution in [0.4, 0.5) is 0 Å². The van der Waals surface area contributed by atoms with E-state index >= 15 is 0 Å². The van der Waals surface area contributed by atoms with Crippen molar-refractivity contribution in [2.75, 3.05) is 0 Å². The van der Waals surface area contributed by atoms with Gasteiger partial charge in [-0.15, -0.1) is 24.8 Å². The Bertz CT molecular complexity index is 228. The third-order valence-corrected chi connectivity index (χ3v) is 1.56. The number of hydrogen-bond acceptors (Lipinski definition) is 3. The molecule has 0 rings (SSSR count). The third kappa shape index (κ3) is 15.8. The molecule has 10 heavy (non-hydrogen) atoms. The van der Waals surface area contributed by atoms with Crippen LogP contribution in [-0.2, 0) is 15.1 Å². The molecule has 0 heterocycles. The highest BCUT2D eigenvalue weighted by atomic mass is 35.5. The predicted octanol–water partition coefficient (Wildman–Crippen LogP) is -0.0146. The van der Waals surface area contributed by atoms with Crippen molar-refractivity contribution in [1.29, 1.82) is 0 Å². The lowest BCUT2D eigenvalue weighted by molar-refractivity contribution is 0.375. The summed E-state index contributed by atoms with van der Waals surface area (Å²) in [5, 5.41) is 0. The summed E-state index contributed by atoms with van der Waals surface area (Å²) in [7, 11) is -7.73. The Morgan fingerprint density at radius 1 is 1.20 bits per heavy atom. The molecular formula is H4Cl2NO5PS. The molecule has 0 aliphatic carbocycles. The molecule has 0 atom stereocenters. The summed E-state index contributed by atoms with van der Waals surface area (Å²) in [4.78, 5) is 15.5. The maximum Gasteiger partial charge on any atom is 0.463 e. The Labute approximate surface area is 70.4 Å². The largest absolute Gasteiger partial charge is 0.463 e. The SMILES string of the molecule is Cl.Cl.O=S(=O)=NP(=O)(O)O. The molecule has 0 aromatic rings. The van der Waals surface area contributed by atoms with Gasteiger partial charge in [-0.1, -0.05) is 4.13 Å². The van der Waals surface area contributed by atoms with E-state index in [0.717, 1.165) is 0 Å². The van der Waals surface area contributed by atoms with Crippen molar-refractivity contribution in [3.63, 3.8) is 0 Å². The molecule has 0 aromatic carbocycles. The van der Waals surface area contributed by atoms with Crippen molar-refractivity contribution in [3.8, 4) is 0 Å². The zero-order valence-electron chi connectivity index (χ0n) is 4.24. The van der Waals surface area contributed by atoms with Crippen molar-refractivity contribution in [2.45, 2.75) is 0 Å². The van der Waals surface area contributed by atoms with Crippen LogP contribution in [-0.4, -0.2) is 18.2 Å². The molecular weight excluding hydrogens is 228 g/mol. The summed E-state index contributed by atoms with van der Waals surface area (Å²) in [6.45, 7) is 0. The topological polar surface area (TPSA) is 104 Å². The lowest BCUT2D eigenvalue weighted by Gasteiger charge is -1.84. The summed E-state index contributed by atoms with van der Waals surface area (Å²) < 4.78 is 30.3. The molecule has 0 aliphatic rings. The highest BCUT2D eigenvalue weighted by Crippen LogP contribution is 2.35. The number of nitrogens with zero attached hydrogens (tertiary/aromatic N) is 1. The van der Waals surface area contributed by atoms with Crippen LogP contribution < -0.4 is 0 Å². The van der Waals surface area contributed by atoms with Crippen LogP contribution >= 0.6 is 32.6 Å². The second kappa shape index (κ2) is 6.09. The van der Waals surface area contributed by atoms with E-state index in [4.69, 9.17) is 9.79 Å². The summed E-state index contributed by atoms with van der Waals surface area (Å²) >= 11 is 0. The summed E-state index contributed by atoms with van der Waals surface area (Å²) in [6.07, 6.45) is 0. The third-order valence-electron chi connectivity index (χ3n) is 0.173. The van der Waals surface area contributed by atoms with E-state index in [1.807, 2.05) is 4.13 Å². The highest BCUT2D eigenvalue weighted by molar-refractivity contribution is 7.69. The molecule has 0 radical (unpaired) electrons. The maximum absolute atomic E-state index is 9.58. The van der Waals surface area contributed by atoms with Crippen LogP contribution in [0.3, 0.4) is 0 Å². The van der Waals surface area contributed by atoms with Crippen LogP contribution in [0.25, 0.3) is 0 Å². The smallest absolute Gasteiger partial charge is 0.306 e. The van der Waals surface area contributed by atoms with Crippen molar-refractivity contribution >= 4 is 43.1 Å². The molecule has 0 amide bonds. The van der Waals surface area contributed by atoms with Gasteiger partial charge in [0.05, 0.1) is 0 Å². The molecule has 10 heteroatoms. The van der Waals surface area contributed by atoms with Crippen molar-refractivity contribution in [2.24, 2.45) is 4.13 Å². The minimum atomic E-state index is -4.71. The Morgan fingerprint density at radius 3 is 1.50 bits per heavy atom. The van der Waals surface area contributed by atoms with Gasteiger partial charge in [-0.2, -0.15) is 8.42 Å². The lowest BCUT2D eigenvalue weighted by atomic mass is 13.9. The Balaban J connectivity index is -0.000000245. The van der Waals surface area contributed by atoms with Crippen LogP contribution in [0.1, 0.15) is 0 Å². The van der Waals surface area contributed by atoms with E-state index in [2.05, 4.69) is 0 Å². The molecule has 64 valence electrons. The number of halogens is 2.